The number of alkyl halides is 3. The maximum absolute atomic E-state index is 13.8. The number of rotatable bonds is 8. The Morgan fingerprint density at radius 1 is 0.763 bits per heavy atom. The van der Waals surface area contributed by atoms with Crippen LogP contribution >= 0.6 is 0 Å². The second kappa shape index (κ2) is 10.3. The lowest BCUT2D eigenvalue weighted by Crippen LogP contribution is -2.42. The van der Waals surface area contributed by atoms with E-state index in [4.69, 9.17) is 4.42 Å². The zero-order chi connectivity index (χ0) is 26.8. The molecule has 0 fully saturated rings. The van der Waals surface area contributed by atoms with Crippen molar-refractivity contribution in [3.8, 4) is 0 Å². The second-order valence-corrected chi connectivity index (χ2v) is 9.38. The van der Waals surface area contributed by atoms with Crippen LogP contribution < -0.4 is 11.1 Å². The maximum atomic E-state index is 13.8. The molecule has 38 heavy (non-hydrogen) atoms. The molecule has 4 nitrogen and oxygen atoms in total. The molecule has 7 heteroatoms. The van der Waals surface area contributed by atoms with Crippen LogP contribution in [0.5, 0.6) is 0 Å². The van der Waals surface area contributed by atoms with Crippen LogP contribution in [-0.2, 0) is 12.0 Å². The highest BCUT2D eigenvalue weighted by Gasteiger charge is 2.41. The number of benzene rings is 4. The third kappa shape index (κ3) is 4.77. The minimum atomic E-state index is -4.31. The van der Waals surface area contributed by atoms with Gasteiger partial charge in [0, 0.05) is 6.04 Å². The van der Waals surface area contributed by atoms with Gasteiger partial charge in [-0.15, -0.1) is 0 Å². The molecule has 1 aromatic heterocycles. The van der Waals surface area contributed by atoms with Crippen LogP contribution in [0.4, 0.5) is 13.2 Å². The minimum Gasteiger partial charge on any atom is -0.407 e. The number of hydrogen-bond acceptors (Lipinski definition) is 3. The first-order valence-electron chi connectivity index (χ1n) is 12.4. The first-order valence-corrected chi connectivity index (χ1v) is 12.4. The zero-order valence-corrected chi connectivity index (χ0v) is 20.8. The average Bonchev–Trinajstić information content (AvgIpc) is 3.27. The predicted octanol–water partition coefficient (Wildman–Crippen LogP) is 6.52. The largest absolute Gasteiger partial charge is 0.421 e. The molecule has 0 spiro atoms. The number of fused-ring (bicyclic) bond motifs is 1. The summed E-state index contributed by atoms with van der Waals surface area (Å²) >= 11 is 0. The van der Waals surface area contributed by atoms with E-state index in [1.165, 1.54) is 0 Å². The molecular weight excluding hydrogens is 489 g/mol. The fourth-order valence-electron chi connectivity index (χ4n) is 5.19. The first kappa shape index (κ1) is 25.5. The standard InChI is InChI=1S/C31H27F3N2O2/c1-22(35-21-30(32,33)34)20-23-12-11-19-27-28(23)38-29(37)36(27)31(24-13-5-2-6-14-24,25-15-7-3-8-16-25)26-17-9-4-10-18-26/h2-19,22,35H,20-21H2,1H3. The lowest BCUT2D eigenvalue weighted by Gasteiger charge is -2.36. The van der Waals surface area contributed by atoms with Gasteiger partial charge in [0.25, 0.3) is 0 Å². The second-order valence-electron chi connectivity index (χ2n) is 9.38. The van der Waals surface area contributed by atoms with Crippen LogP contribution in [0.2, 0.25) is 0 Å². The summed E-state index contributed by atoms with van der Waals surface area (Å²) in [6.07, 6.45) is -4.05. The predicted molar refractivity (Wildman–Crippen MR) is 142 cm³/mol. The van der Waals surface area contributed by atoms with Crippen molar-refractivity contribution >= 4 is 11.1 Å². The smallest absolute Gasteiger partial charge is 0.407 e. The lowest BCUT2D eigenvalue weighted by molar-refractivity contribution is -0.126. The molecule has 0 radical (unpaired) electrons. The van der Waals surface area contributed by atoms with E-state index < -0.39 is 30.1 Å². The Balaban J connectivity index is 1.76. The fourth-order valence-corrected chi connectivity index (χ4v) is 5.19. The molecule has 0 amide bonds. The molecular formula is C31H27F3N2O2. The molecule has 1 unspecified atom stereocenters. The van der Waals surface area contributed by atoms with Gasteiger partial charge in [-0.3, -0.25) is 4.57 Å². The van der Waals surface area contributed by atoms with Gasteiger partial charge in [0.1, 0.15) is 5.54 Å². The summed E-state index contributed by atoms with van der Waals surface area (Å²) in [7, 11) is 0. The van der Waals surface area contributed by atoms with Crippen LogP contribution in [0, 0.1) is 0 Å². The van der Waals surface area contributed by atoms with E-state index in [2.05, 4.69) is 5.32 Å². The van der Waals surface area contributed by atoms with Crippen LogP contribution in [0.3, 0.4) is 0 Å². The van der Waals surface area contributed by atoms with Crippen molar-refractivity contribution in [2.24, 2.45) is 0 Å². The molecule has 1 heterocycles. The quantitative estimate of drug-likeness (QED) is 0.239. The van der Waals surface area contributed by atoms with Crippen molar-refractivity contribution in [1.82, 2.24) is 9.88 Å². The van der Waals surface area contributed by atoms with Crippen LogP contribution in [0.1, 0.15) is 29.2 Å². The van der Waals surface area contributed by atoms with Gasteiger partial charge in [-0.25, -0.2) is 4.79 Å². The third-order valence-corrected chi connectivity index (χ3v) is 6.78. The third-order valence-electron chi connectivity index (χ3n) is 6.78. The normalized spacial score (nSPS) is 13.1. The molecule has 0 aliphatic heterocycles. The summed E-state index contributed by atoms with van der Waals surface area (Å²) < 4.78 is 45.8. The Kier molecular flexibility index (Phi) is 6.95. The summed E-state index contributed by atoms with van der Waals surface area (Å²) in [4.78, 5) is 13.8. The number of oxazole rings is 1. The topological polar surface area (TPSA) is 47.2 Å². The highest BCUT2D eigenvalue weighted by atomic mass is 19.4. The van der Waals surface area contributed by atoms with Crippen LogP contribution in [0.25, 0.3) is 11.1 Å². The molecule has 194 valence electrons. The molecule has 0 aliphatic carbocycles. The number of halogens is 3. The number of aromatic nitrogens is 1. The SMILES string of the molecule is CC(Cc1cccc2c1oc(=O)n2C(c1ccccc1)(c1ccccc1)c1ccccc1)NCC(F)(F)F. The summed E-state index contributed by atoms with van der Waals surface area (Å²) in [5, 5.41) is 2.51. The van der Waals surface area contributed by atoms with Gasteiger partial charge in [-0.05, 0) is 41.7 Å². The molecule has 1 atom stereocenters. The Morgan fingerprint density at radius 3 is 1.74 bits per heavy atom. The number of hydrogen-bond donors (Lipinski definition) is 1. The van der Waals surface area contributed by atoms with Crippen molar-refractivity contribution in [2.75, 3.05) is 6.54 Å². The number of nitrogens with zero attached hydrogens (tertiary/aromatic N) is 1. The van der Waals surface area contributed by atoms with Crippen LogP contribution in [0.15, 0.2) is 118 Å². The van der Waals surface area contributed by atoms with Gasteiger partial charge in [0.2, 0.25) is 0 Å². The molecule has 0 saturated heterocycles. The fraction of sp³-hybridized carbons (Fsp3) is 0.194. The Bertz CT molecular complexity index is 1460. The first-order chi connectivity index (χ1) is 18.3. The van der Waals surface area contributed by atoms with E-state index >= 15 is 0 Å². The van der Waals surface area contributed by atoms with E-state index in [0.29, 0.717) is 16.7 Å². The number of para-hydroxylation sites is 1. The summed E-state index contributed by atoms with van der Waals surface area (Å²) in [6.45, 7) is 0.593. The van der Waals surface area contributed by atoms with E-state index in [1.54, 1.807) is 17.6 Å². The van der Waals surface area contributed by atoms with Gasteiger partial charge < -0.3 is 9.73 Å². The van der Waals surface area contributed by atoms with E-state index in [1.807, 2.05) is 103 Å². The molecule has 5 aromatic rings. The summed E-state index contributed by atoms with van der Waals surface area (Å²) in [5.74, 6) is -0.556. The zero-order valence-electron chi connectivity index (χ0n) is 20.8. The monoisotopic (exact) mass is 516 g/mol. The van der Waals surface area contributed by atoms with Gasteiger partial charge >= 0.3 is 11.9 Å². The van der Waals surface area contributed by atoms with Crippen molar-refractivity contribution in [2.45, 2.75) is 31.1 Å². The Morgan fingerprint density at radius 2 is 1.26 bits per heavy atom. The van der Waals surface area contributed by atoms with E-state index in [-0.39, 0.29) is 6.42 Å². The van der Waals surface area contributed by atoms with Crippen molar-refractivity contribution in [1.29, 1.82) is 0 Å². The molecule has 1 N–H and O–H groups in total. The number of nitrogens with one attached hydrogen (secondary N) is 1. The maximum Gasteiger partial charge on any atom is 0.421 e. The Hall–Kier alpha value is -4.10. The van der Waals surface area contributed by atoms with Gasteiger partial charge in [0.15, 0.2) is 5.58 Å². The van der Waals surface area contributed by atoms with Crippen molar-refractivity contribution < 1.29 is 17.6 Å². The van der Waals surface area contributed by atoms with E-state index in [9.17, 15) is 18.0 Å². The molecule has 5 rings (SSSR count). The van der Waals surface area contributed by atoms with Gasteiger partial charge in [-0.1, -0.05) is 103 Å². The van der Waals surface area contributed by atoms with Crippen LogP contribution in [-0.4, -0.2) is 23.3 Å². The van der Waals surface area contributed by atoms with E-state index in [0.717, 1.165) is 16.7 Å². The average molecular weight is 517 g/mol. The molecule has 0 aliphatic rings. The van der Waals surface area contributed by atoms with Crippen molar-refractivity contribution in [3.63, 3.8) is 0 Å². The highest BCUT2D eigenvalue weighted by molar-refractivity contribution is 5.78. The minimum absolute atomic E-state index is 0.259. The summed E-state index contributed by atoms with van der Waals surface area (Å²) in [5.41, 5.74) is 3.12. The molecule has 0 saturated carbocycles. The lowest BCUT2D eigenvalue weighted by atomic mass is 9.76. The highest BCUT2D eigenvalue weighted by Crippen LogP contribution is 2.42. The summed E-state index contributed by atoms with van der Waals surface area (Å²) in [6, 6.07) is 34.2. The molecule has 0 bridgehead atoms. The van der Waals surface area contributed by atoms with Gasteiger partial charge in [-0.2, -0.15) is 13.2 Å². The Labute approximate surface area is 218 Å². The van der Waals surface area contributed by atoms with Crippen molar-refractivity contribution in [3.05, 3.63) is 142 Å². The molecule has 4 aromatic carbocycles. The van der Waals surface area contributed by atoms with Gasteiger partial charge in [0.05, 0.1) is 12.1 Å².